The zero-order chi connectivity index (χ0) is 17.1. The van der Waals surface area contributed by atoms with Gasteiger partial charge in [-0.15, -0.1) is 0 Å². The highest BCUT2D eigenvalue weighted by atomic mass is 16.2. The first-order valence-electron chi connectivity index (χ1n) is 9.27. The lowest BCUT2D eigenvalue weighted by molar-refractivity contribution is -0.897. The minimum atomic E-state index is 0.173. The average Bonchev–Trinajstić information content (AvgIpc) is 2.56. The SMILES string of the molecule is CCCCCCCCN(C(=O)c1ccccc1)C(CC)[NH+](C)C. The Balaban J connectivity index is 2.68. The summed E-state index contributed by atoms with van der Waals surface area (Å²) in [7, 11) is 4.28. The second kappa shape index (κ2) is 11.2. The van der Waals surface area contributed by atoms with E-state index in [4.69, 9.17) is 0 Å². The standard InChI is InChI=1S/C20H34N2O/c1-5-7-8-9-10-14-17-22(19(6-2)21(3)4)20(23)18-15-12-11-13-16-18/h11-13,15-16,19H,5-10,14,17H2,1-4H3/p+1. The molecule has 0 spiro atoms. The van der Waals surface area contributed by atoms with Gasteiger partial charge in [-0.1, -0.05) is 64.2 Å². The van der Waals surface area contributed by atoms with E-state index in [1.807, 2.05) is 30.3 Å². The minimum absolute atomic E-state index is 0.173. The van der Waals surface area contributed by atoms with Crippen LogP contribution in [0.25, 0.3) is 0 Å². The molecule has 1 atom stereocenters. The van der Waals surface area contributed by atoms with Gasteiger partial charge in [0, 0.05) is 18.5 Å². The summed E-state index contributed by atoms with van der Waals surface area (Å²) in [5, 5.41) is 0. The van der Waals surface area contributed by atoms with Crippen LogP contribution in [0.1, 0.15) is 69.2 Å². The van der Waals surface area contributed by atoms with Crippen molar-refractivity contribution in [1.29, 1.82) is 0 Å². The Morgan fingerprint density at radius 2 is 1.61 bits per heavy atom. The molecule has 0 aromatic heterocycles. The molecule has 0 aliphatic carbocycles. The maximum Gasteiger partial charge on any atom is 0.258 e. The normalized spacial score (nSPS) is 12.4. The van der Waals surface area contributed by atoms with Crippen molar-refractivity contribution in [3.63, 3.8) is 0 Å². The van der Waals surface area contributed by atoms with Crippen LogP contribution in [0, 0.1) is 0 Å². The highest BCUT2D eigenvalue weighted by Gasteiger charge is 2.27. The summed E-state index contributed by atoms with van der Waals surface area (Å²) in [6.45, 7) is 5.28. The molecule has 0 radical (unpaired) electrons. The molecule has 1 amide bonds. The number of hydrogen-bond donors (Lipinski definition) is 1. The summed E-state index contributed by atoms with van der Waals surface area (Å²) in [4.78, 5) is 16.3. The van der Waals surface area contributed by atoms with Gasteiger partial charge in [0.2, 0.25) is 0 Å². The number of nitrogens with one attached hydrogen (secondary N) is 1. The number of nitrogens with zero attached hydrogens (tertiary/aromatic N) is 1. The van der Waals surface area contributed by atoms with Gasteiger partial charge in [0.25, 0.3) is 5.91 Å². The van der Waals surface area contributed by atoms with Crippen molar-refractivity contribution < 1.29 is 9.69 Å². The van der Waals surface area contributed by atoms with Crippen LogP contribution >= 0.6 is 0 Å². The van der Waals surface area contributed by atoms with Gasteiger partial charge in [-0.05, 0) is 18.6 Å². The Morgan fingerprint density at radius 1 is 1.00 bits per heavy atom. The van der Waals surface area contributed by atoms with Crippen LogP contribution < -0.4 is 4.90 Å². The van der Waals surface area contributed by atoms with Crippen LogP contribution in [-0.4, -0.2) is 37.6 Å². The van der Waals surface area contributed by atoms with Gasteiger partial charge in [0.15, 0.2) is 6.17 Å². The number of hydrogen-bond acceptors (Lipinski definition) is 1. The third-order valence-corrected chi connectivity index (χ3v) is 4.46. The molecule has 1 rings (SSSR count). The highest BCUT2D eigenvalue weighted by Crippen LogP contribution is 2.11. The molecule has 23 heavy (non-hydrogen) atoms. The van der Waals surface area contributed by atoms with Gasteiger partial charge >= 0.3 is 0 Å². The molecule has 3 heteroatoms. The monoisotopic (exact) mass is 319 g/mol. The quantitative estimate of drug-likeness (QED) is 0.491. The van der Waals surface area contributed by atoms with Crippen LogP contribution in [0.3, 0.4) is 0 Å². The van der Waals surface area contributed by atoms with Crippen molar-refractivity contribution in [2.75, 3.05) is 20.6 Å². The Bertz CT molecular complexity index is 431. The summed E-state index contributed by atoms with van der Waals surface area (Å²) in [5.74, 6) is 0.173. The third kappa shape index (κ3) is 6.74. The minimum Gasteiger partial charge on any atom is -0.320 e. The molecular formula is C20H35N2O+. The summed E-state index contributed by atoms with van der Waals surface area (Å²) in [5.41, 5.74) is 0.804. The van der Waals surface area contributed by atoms with Crippen molar-refractivity contribution in [2.24, 2.45) is 0 Å². The molecule has 0 saturated heterocycles. The number of benzene rings is 1. The molecule has 1 unspecified atom stereocenters. The van der Waals surface area contributed by atoms with Crippen molar-refractivity contribution in [3.05, 3.63) is 35.9 Å². The fourth-order valence-corrected chi connectivity index (χ4v) is 3.15. The molecule has 3 nitrogen and oxygen atoms in total. The molecule has 0 heterocycles. The number of quaternary nitrogens is 1. The molecular weight excluding hydrogens is 284 g/mol. The van der Waals surface area contributed by atoms with Crippen LogP contribution in [0.2, 0.25) is 0 Å². The summed E-state index contributed by atoms with van der Waals surface area (Å²) in [6.07, 6.45) is 8.76. The lowest BCUT2D eigenvalue weighted by Gasteiger charge is -2.33. The predicted octanol–water partition coefficient (Wildman–Crippen LogP) is 3.37. The van der Waals surface area contributed by atoms with Crippen molar-refractivity contribution in [2.45, 2.75) is 65.0 Å². The van der Waals surface area contributed by atoms with Gasteiger partial charge in [0.1, 0.15) is 0 Å². The van der Waals surface area contributed by atoms with E-state index in [0.29, 0.717) is 0 Å². The third-order valence-electron chi connectivity index (χ3n) is 4.46. The van der Waals surface area contributed by atoms with Gasteiger partial charge in [-0.2, -0.15) is 0 Å². The first kappa shape index (κ1) is 19.7. The van der Waals surface area contributed by atoms with E-state index in [1.54, 1.807) is 0 Å². The summed E-state index contributed by atoms with van der Waals surface area (Å²) in [6, 6.07) is 9.70. The van der Waals surface area contributed by atoms with Gasteiger partial charge < -0.3 is 4.90 Å². The lowest BCUT2D eigenvalue weighted by atomic mass is 10.1. The van der Waals surface area contributed by atoms with Crippen LogP contribution in [0.15, 0.2) is 30.3 Å². The van der Waals surface area contributed by atoms with E-state index >= 15 is 0 Å². The van der Waals surface area contributed by atoms with E-state index in [0.717, 1.165) is 24.9 Å². The zero-order valence-corrected chi connectivity index (χ0v) is 15.5. The number of carbonyl (C=O) groups is 1. The number of rotatable bonds is 11. The Morgan fingerprint density at radius 3 is 2.17 bits per heavy atom. The van der Waals surface area contributed by atoms with Crippen molar-refractivity contribution in [3.8, 4) is 0 Å². The molecule has 1 aromatic rings. The van der Waals surface area contributed by atoms with E-state index in [1.165, 1.54) is 37.0 Å². The molecule has 0 aliphatic rings. The predicted molar refractivity (Wildman–Crippen MR) is 97.7 cm³/mol. The van der Waals surface area contributed by atoms with Gasteiger partial charge in [-0.3, -0.25) is 9.69 Å². The Kier molecular flexibility index (Phi) is 9.61. The second-order valence-corrected chi connectivity index (χ2v) is 6.63. The molecule has 1 aromatic carbocycles. The Hall–Kier alpha value is -1.35. The van der Waals surface area contributed by atoms with E-state index in [-0.39, 0.29) is 12.1 Å². The van der Waals surface area contributed by atoms with Crippen molar-refractivity contribution >= 4 is 5.91 Å². The smallest absolute Gasteiger partial charge is 0.258 e. The maximum atomic E-state index is 12.9. The number of unbranched alkanes of at least 4 members (excludes halogenated alkanes) is 5. The van der Waals surface area contributed by atoms with Crippen LogP contribution in [0.4, 0.5) is 0 Å². The molecule has 0 fully saturated rings. The first-order valence-corrected chi connectivity index (χ1v) is 9.27. The molecule has 0 bridgehead atoms. The lowest BCUT2D eigenvalue weighted by Crippen LogP contribution is -3.12. The fraction of sp³-hybridized carbons (Fsp3) is 0.650. The van der Waals surface area contributed by atoms with Gasteiger partial charge in [0.05, 0.1) is 14.1 Å². The zero-order valence-electron chi connectivity index (χ0n) is 15.5. The highest BCUT2D eigenvalue weighted by molar-refractivity contribution is 5.94. The maximum absolute atomic E-state index is 12.9. The average molecular weight is 320 g/mol. The largest absolute Gasteiger partial charge is 0.320 e. The van der Waals surface area contributed by atoms with Crippen LogP contribution in [-0.2, 0) is 0 Å². The van der Waals surface area contributed by atoms with E-state index in [2.05, 4.69) is 32.8 Å². The van der Waals surface area contributed by atoms with E-state index < -0.39 is 0 Å². The number of carbonyl (C=O) groups excluding carboxylic acids is 1. The van der Waals surface area contributed by atoms with E-state index in [9.17, 15) is 4.79 Å². The van der Waals surface area contributed by atoms with Gasteiger partial charge in [-0.25, -0.2) is 0 Å². The topological polar surface area (TPSA) is 24.8 Å². The van der Waals surface area contributed by atoms with Crippen molar-refractivity contribution in [1.82, 2.24) is 4.90 Å². The second-order valence-electron chi connectivity index (χ2n) is 6.63. The number of amides is 1. The first-order chi connectivity index (χ1) is 11.1. The molecule has 0 saturated carbocycles. The Labute approximate surface area is 142 Å². The summed E-state index contributed by atoms with van der Waals surface area (Å²) >= 11 is 0. The van der Waals surface area contributed by atoms with Crippen LogP contribution in [0.5, 0.6) is 0 Å². The summed E-state index contributed by atoms with van der Waals surface area (Å²) < 4.78 is 0. The molecule has 130 valence electrons. The molecule has 1 N–H and O–H groups in total. The molecule has 0 aliphatic heterocycles. The fourth-order valence-electron chi connectivity index (χ4n) is 3.15.